The Morgan fingerprint density at radius 1 is 1.15 bits per heavy atom. The Labute approximate surface area is 116 Å². The van der Waals surface area contributed by atoms with E-state index in [0.29, 0.717) is 5.56 Å². The first-order chi connectivity index (χ1) is 9.34. The van der Waals surface area contributed by atoms with Gasteiger partial charge in [0.2, 0.25) is 5.75 Å². The van der Waals surface area contributed by atoms with Crippen LogP contribution in [0.25, 0.3) is 0 Å². The van der Waals surface area contributed by atoms with Crippen LogP contribution in [0, 0.1) is 10.1 Å². The maximum Gasteiger partial charge on any atom is 0.313 e. The molecule has 0 aliphatic rings. The van der Waals surface area contributed by atoms with Crippen molar-refractivity contribution in [2.24, 2.45) is 0 Å². The summed E-state index contributed by atoms with van der Waals surface area (Å²) in [6.07, 6.45) is 0. The molecule has 5 nitrogen and oxygen atoms in total. The van der Waals surface area contributed by atoms with Crippen LogP contribution in [0.3, 0.4) is 0 Å². The zero-order valence-electron chi connectivity index (χ0n) is 11.3. The first-order valence-corrected chi connectivity index (χ1v) is 6.17. The molecule has 2 rings (SSSR count). The van der Waals surface area contributed by atoms with Crippen molar-refractivity contribution in [3.63, 3.8) is 0 Å². The molecule has 104 valence electrons. The molecular weight excluding hydrogens is 256 g/mol. The van der Waals surface area contributed by atoms with Gasteiger partial charge in [0.15, 0.2) is 0 Å². The molecule has 0 fully saturated rings. The number of nitro groups is 1. The molecule has 3 N–H and O–H groups in total. The minimum Gasteiger partial charge on any atom is -0.501 e. The summed E-state index contributed by atoms with van der Waals surface area (Å²) < 4.78 is 0. The number of hydrogen-bond acceptors (Lipinski definition) is 4. The third-order valence-corrected chi connectivity index (χ3v) is 3.53. The van der Waals surface area contributed by atoms with Crippen molar-refractivity contribution in [2.75, 3.05) is 5.73 Å². The second-order valence-corrected chi connectivity index (χ2v) is 5.18. The molecule has 0 saturated heterocycles. The molecule has 0 bridgehead atoms. The van der Waals surface area contributed by atoms with E-state index in [1.165, 1.54) is 6.07 Å². The number of phenolic OH excluding ortho intramolecular Hbond substituents is 1. The smallest absolute Gasteiger partial charge is 0.313 e. The monoisotopic (exact) mass is 272 g/mol. The molecule has 0 aliphatic carbocycles. The molecule has 0 heterocycles. The molecular formula is C15H16N2O3. The van der Waals surface area contributed by atoms with Gasteiger partial charge in [-0.15, -0.1) is 0 Å². The summed E-state index contributed by atoms with van der Waals surface area (Å²) in [7, 11) is 0. The molecule has 0 aromatic heterocycles. The average molecular weight is 272 g/mol. The molecule has 5 heteroatoms. The lowest BCUT2D eigenvalue weighted by Crippen LogP contribution is -2.19. The quantitative estimate of drug-likeness (QED) is 0.388. The Hall–Kier alpha value is -2.56. The van der Waals surface area contributed by atoms with Gasteiger partial charge < -0.3 is 10.8 Å². The maximum absolute atomic E-state index is 11.0. The van der Waals surface area contributed by atoms with Gasteiger partial charge in [-0.3, -0.25) is 10.1 Å². The molecule has 0 unspecified atom stereocenters. The van der Waals surface area contributed by atoms with Gasteiger partial charge in [0, 0.05) is 11.5 Å². The van der Waals surface area contributed by atoms with Crippen molar-refractivity contribution in [1.82, 2.24) is 0 Å². The molecule has 2 aromatic rings. The van der Waals surface area contributed by atoms with Crippen molar-refractivity contribution >= 4 is 11.4 Å². The number of nitrogens with zero attached hydrogens (tertiary/aromatic N) is 1. The highest BCUT2D eigenvalue weighted by molar-refractivity contribution is 5.66. The van der Waals surface area contributed by atoms with Crippen LogP contribution in [-0.2, 0) is 5.41 Å². The van der Waals surface area contributed by atoms with E-state index < -0.39 is 16.1 Å². The molecule has 0 saturated carbocycles. The van der Waals surface area contributed by atoms with Crippen LogP contribution in [0.15, 0.2) is 42.5 Å². The van der Waals surface area contributed by atoms with Gasteiger partial charge in [-0.1, -0.05) is 44.2 Å². The predicted molar refractivity (Wildman–Crippen MR) is 77.7 cm³/mol. The van der Waals surface area contributed by atoms with Crippen LogP contribution in [0.5, 0.6) is 5.75 Å². The van der Waals surface area contributed by atoms with E-state index in [0.717, 1.165) is 5.56 Å². The largest absolute Gasteiger partial charge is 0.501 e. The third-order valence-electron chi connectivity index (χ3n) is 3.53. The van der Waals surface area contributed by atoms with Crippen LogP contribution in [0.1, 0.15) is 25.0 Å². The van der Waals surface area contributed by atoms with E-state index in [1.807, 2.05) is 44.2 Å². The van der Waals surface area contributed by atoms with Crippen molar-refractivity contribution in [1.29, 1.82) is 0 Å². The highest BCUT2D eigenvalue weighted by Crippen LogP contribution is 2.39. The van der Waals surface area contributed by atoms with Gasteiger partial charge in [-0.05, 0) is 17.2 Å². The predicted octanol–water partition coefficient (Wildman–Crippen LogP) is 3.21. The van der Waals surface area contributed by atoms with Crippen molar-refractivity contribution < 1.29 is 10.0 Å². The van der Waals surface area contributed by atoms with E-state index >= 15 is 0 Å². The fourth-order valence-electron chi connectivity index (χ4n) is 2.16. The zero-order valence-corrected chi connectivity index (χ0v) is 11.3. The minimum atomic E-state index is -0.629. The van der Waals surface area contributed by atoms with Crippen molar-refractivity contribution in [3.05, 3.63) is 63.7 Å². The Bertz CT molecular complexity index is 652. The molecule has 2 aromatic carbocycles. The number of nitrogen functional groups attached to an aromatic ring is 1. The Morgan fingerprint density at radius 3 is 2.30 bits per heavy atom. The molecule has 0 amide bonds. The number of nitrogens with two attached hydrogens (primary N) is 1. The third kappa shape index (κ3) is 2.30. The summed E-state index contributed by atoms with van der Waals surface area (Å²) in [5.41, 5.74) is 6.57. The SMILES string of the molecule is CC(C)(c1ccccc1)c1cc(N)c(O)c([N+](=O)[O-])c1. The lowest BCUT2D eigenvalue weighted by atomic mass is 9.78. The number of benzene rings is 2. The van der Waals surface area contributed by atoms with E-state index in [9.17, 15) is 15.2 Å². The summed E-state index contributed by atoms with van der Waals surface area (Å²) in [6, 6.07) is 12.6. The normalized spacial score (nSPS) is 11.3. The van der Waals surface area contributed by atoms with Gasteiger partial charge >= 0.3 is 5.69 Å². The lowest BCUT2D eigenvalue weighted by Gasteiger charge is -2.26. The number of hydrogen-bond donors (Lipinski definition) is 2. The fourth-order valence-corrected chi connectivity index (χ4v) is 2.16. The zero-order chi connectivity index (χ0) is 14.9. The number of rotatable bonds is 3. The van der Waals surface area contributed by atoms with E-state index in [4.69, 9.17) is 5.73 Å². The Morgan fingerprint density at radius 2 is 1.75 bits per heavy atom. The van der Waals surface area contributed by atoms with E-state index in [-0.39, 0.29) is 11.4 Å². The van der Waals surface area contributed by atoms with E-state index in [1.54, 1.807) is 6.07 Å². The van der Waals surface area contributed by atoms with Gasteiger partial charge in [-0.2, -0.15) is 0 Å². The highest BCUT2D eigenvalue weighted by Gasteiger charge is 2.27. The van der Waals surface area contributed by atoms with Crippen molar-refractivity contribution in [2.45, 2.75) is 19.3 Å². The van der Waals surface area contributed by atoms with Crippen LogP contribution < -0.4 is 5.73 Å². The first-order valence-electron chi connectivity index (χ1n) is 6.17. The topological polar surface area (TPSA) is 89.4 Å². The maximum atomic E-state index is 11.0. The Balaban J connectivity index is 2.61. The highest BCUT2D eigenvalue weighted by atomic mass is 16.6. The van der Waals surface area contributed by atoms with Crippen LogP contribution in [0.4, 0.5) is 11.4 Å². The van der Waals surface area contributed by atoms with Gasteiger partial charge in [0.05, 0.1) is 10.6 Å². The lowest BCUT2D eigenvalue weighted by molar-refractivity contribution is -0.385. The van der Waals surface area contributed by atoms with Gasteiger partial charge in [0.25, 0.3) is 0 Å². The molecule has 20 heavy (non-hydrogen) atoms. The summed E-state index contributed by atoms with van der Waals surface area (Å²) in [5.74, 6) is -0.484. The number of anilines is 1. The van der Waals surface area contributed by atoms with Crippen molar-refractivity contribution in [3.8, 4) is 5.75 Å². The van der Waals surface area contributed by atoms with Gasteiger partial charge in [-0.25, -0.2) is 0 Å². The Kier molecular flexibility index (Phi) is 3.36. The van der Waals surface area contributed by atoms with Crippen LogP contribution >= 0.6 is 0 Å². The number of phenols is 1. The van der Waals surface area contributed by atoms with Gasteiger partial charge in [0.1, 0.15) is 0 Å². The van der Waals surface area contributed by atoms with Crippen LogP contribution in [-0.4, -0.2) is 10.0 Å². The first kappa shape index (κ1) is 13.9. The summed E-state index contributed by atoms with van der Waals surface area (Å²) in [5, 5.41) is 20.6. The van der Waals surface area contributed by atoms with E-state index in [2.05, 4.69) is 0 Å². The second kappa shape index (κ2) is 4.85. The summed E-state index contributed by atoms with van der Waals surface area (Å²) in [4.78, 5) is 10.4. The molecule has 0 spiro atoms. The summed E-state index contributed by atoms with van der Waals surface area (Å²) in [6.45, 7) is 3.91. The molecule has 0 aliphatic heterocycles. The summed E-state index contributed by atoms with van der Waals surface area (Å²) >= 11 is 0. The molecule has 0 atom stereocenters. The molecule has 0 radical (unpaired) electrons. The minimum absolute atomic E-state index is 0.0122. The number of aromatic hydroxyl groups is 1. The average Bonchev–Trinajstić information content (AvgIpc) is 2.42. The van der Waals surface area contributed by atoms with Crippen LogP contribution in [0.2, 0.25) is 0 Å². The second-order valence-electron chi connectivity index (χ2n) is 5.18. The fraction of sp³-hybridized carbons (Fsp3) is 0.200. The standard InChI is InChI=1S/C15H16N2O3/c1-15(2,10-6-4-3-5-7-10)11-8-12(16)14(18)13(9-11)17(19)20/h3-9,18H,16H2,1-2H3. The number of nitro benzene ring substituents is 1.